The Balaban J connectivity index is 1.69. The molecule has 2 aliphatic rings. The number of carbonyl (C=O) groups excluding carboxylic acids is 3. The minimum absolute atomic E-state index is 0.181. The normalized spacial score (nSPS) is 22.8. The van der Waals surface area contributed by atoms with Crippen molar-refractivity contribution in [3.05, 3.63) is 52.5 Å². The molecule has 0 radical (unpaired) electrons. The van der Waals surface area contributed by atoms with Crippen LogP contribution < -0.4 is 10.6 Å². The molecule has 3 atom stereocenters. The van der Waals surface area contributed by atoms with E-state index in [4.69, 9.17) is 4.74 Å². The van der Waals surface area contributed by atoms with Crippen molar-refractivity contribution >= 4 is 34.9 Å². The summed E-state index contributed by atoms with van der Waals surface area (Å²) in [6.45, 7) is 4.37. The van der Waals surface area contributed by atoms with Crippen molar-refractivity contribution in [3.8, 4) is 0 Å². The van der Waals surface area contributed by atoms with Crippen molar-refractivity contribution in [3.63, 3.8) is 0 Å². The molecule has 0 aliphatic carbocycles. The molecule has 8 nitrogen and oxygen atoms in total. The lowest BCUT2D eigenvalue weighted by Gasteiger charge is -2.35. The van der Waals surface area contributed by atoms with E-state index in [-0.39, 0.29) is 18.9 Å². The van der Waals surface area contributed by atoms with Crippen LogP contribution >= 0.6 is 11.3 Å². The van der Waals surface area contributed by atoms with Crippen molar-refractivity contribution in [1.29, 1.82) is 0 Å². The molecule has 0 bridgehead atoms. The number of piperazine rings is 1. The highest BCUT2D eigenvalue weighted by Crippen LogP contribution is 2.44. The Morgan fingerprint density at radius 1 is 1.18 bits per heavy atom. The van der Waals surface area contributed by atoms with Crippen LogP contribution in [-0.4, -0.2) is 66.5 Å². The van der Waals surface area contributed by atoms with Crippen molar-refractivity contribution in [1.82, 2.24) is 15.1 Å². The molecule has 176 valence electrons. The van der Waals surface area contributed by atoms with Crippen LogP contribution in [0.25, 0.3) is 0 Å². The van der Waals surface area contributed by atoms with Gasteiger partial charge < -0.3 is 25.2 Å². The van der Waals surface area contributed by atoms with Gasteiger partial charge in [-0.25, -0.2) is 9.18 Å². The van der Waals surface area contributed by atoms with E-state index in [0.29, 0.717) is 31.9 Å². The van der Waals surface area contributed by atoms with Gasteiger partial charge in [-0.05, 0) is 49.1 Å². The lowest BCUT2D eigenvalue weighted by molar-refractivity contribution is -0.148. The summed E-state index contributed by atoms with van der Waals surface area (Å²) in [6, 6.07) is 7.16. The number of ether oxygens (including phenoxy) is 1. The molecule has 3 unspecified atom stereocenters. The van der Waals surface area contributed by atoms with Crippen LogP contribution in [0.4, 0.5) is 14.9 Å². The lowest BCUT2D eigenvalue weighted by atomic mass is 9.97. The van der Waals surface area contributed by atoms with E-state index in [1.54, 1.807) is 11.8 Å². The van der Waals surface area contributed by atoms with Crippen LogP contribution in [0.15, 0.2) is 41.8 Å². The number of likely N-dealkylation sites (tertiary alicyclic amines) is 1. The van der Waals surface area contributed by atoms with E-state index >= 15 is 0 Å². The van der Waals surface area contributed by atoms with E-state index in [0.717, 1.165) is 4.88 Å². The molecule has 2 fully saturated rings. The van der Waals surface area contributed by atoms with E-state index in [1.807, 2.05) is 17.5 Å². The largest absolute Gasteiger partial charge is 0.466 e. The van der Waals surface area contributed by atoms with E-state index in [2.05, 4.69) is 10.6 Å². The summed E-state index contributed by atoms with van der Waals surface area (Å²) < 4.78 is 18.6. The van der Waals surface area contributed by atoms with Gasteiger partial charge in [0.25, 0.3) is 0 Å². The minimum Gasteiger partial charge on any atom is -0.466 e. The Bertz CT molecular complexity index is 979. The van der Waals surface area contributed by atoms with Gasteiger partial charge in [-0.1, -0.05) is 6.07 Å². The number of hydrogen-bond acceptors (Lipinski definition) is 6. The fourth-order valence-electron chi connectivity index (χ4n) is 4.44. The van der Waals surface area contributed by atoms with Gasteiger partial charge in [0.2, 0.25) is 5.91 Å². The first-order valence-electron chi connectivity index (χ1n) is 11.0. The highest BCUT2D eigenvalue weighted by molar-refractivity contribution is 7.10. The Kier molecular flexibility index (Phi) is 7.24. The molecule has 4 rings (SSSR count). The van der Waals surface area contributed by atoms with Gasteiger partial charge in [0.1, 0.15) is 11.9 Å². The Labute approximate surface area is 195 Å². The maximum Gasteiger partial charge on any atom is 0.323 e. The van der Waals surface area contributed by atoms with Crippen LogP contribution in [0.2, 0.25) is 0 Å². The zero-order chi connectivity index (χ0) is 23.4. The number of rotatable bonds is 5. The highest BCUT2D eigenvalue weighted by Gasteiger charge is 2.52. The molecule has 2 aromatic rings. The fraction of sp³-hybridized carbons (Fsp3) is 0.435. The number of thiophene rings is 1. The van der Waals surface area contributed by atoms with E-state index in [1.165, 1.54) is 40.5 Å². The predicted octanol–water partition coefficient (Wildman–Crippen LogP) is 2.85. The maximum absolute atomic E-state index is 13.5. The number of carbonyl (C=O) groups is 3. The van der Waals surface area contributed by atoms with E-state index < -0.39 is 35.8 Å². The van der Waals surface area contributed by atoms with Crippen LogP contribution in [0.1, 0.15) is 24.3 Å². The molecule has 2 N–H and O–H groups in total. The smallest absolute Gasteiger partial charge is 0.323 e. The van der Waals surface area contributed by atoms with E-state index in [9.17, 15) is 18.8 Å². The molecule has 1 aromatic heterocycles. The second-order valence-electron chi connectivity index (χ2n) is 7.99. The Morgan fingerprint density at radius 3 is 2.55 bits per heavy atom. The fourth-order valence-corrected chi connectivity index (χ4v) is 5.33. The number of halogens is 1. The number of urea groups is 1. The van der Waals surface area contributed by atoms with Gasteiger partial charge in [-0.3, -0.25) is 9.59 Å². The van der Waals surface area contributed by atoms with Crippen LogP contribution in [-0.2, 0) is 14.3 Å². The monoisotopic (exact) mass is 474 g/mol. The molecular weight excluding hydrogens is 447 g/mol. The molecule has 0 saturated carbocycles. The summed E-state index contributed by atoms with van der Waals surface area (Å²) in [7, 11) is 0. The quantitative estimate of drug-likeness (QED) is 0.651. The molecule has 1 aromatic carbocycles. The Morgan fingerprint density at radius 2 is 1.91 bits per heavy atom. The molecule has 10 heteroatoms. The van der Waals surface area contributed by atoms with Gasteiger partial charge in [-0.15, -0.1) is 11.3 Å². The van der Waals surface area contributed by atoms with Crippen LogP contribution in [0.3, 0.4) is 0 Å². The summed E-state index contributed by atoms with van der Waals surface area (Å²) in [5, 5.41) is 7.86. The molecule has 3 amide bonds. The number of hydrogen-bond donors (Lipinski definition) is 2. The number of benzene rings is 1. The standard InChI is InChI=1S/C23H27FN4O4S/c1-2-32-22(30)17-14-18(21(29)27-11-9-25-10-12-27)28(20(17)19-4-3-13-33-19)23(31)26-16-7-5-15(24)6-8-16/h3-8,13,17-18,20,25H,2,9-12,14H2,1H3,(H,26,31). The topological polar surface area (TPSA) is 91.0 Å². The van der Waals surface area contributed by atoms with Crippen molar-refractivity contribution in [2.24, 2.45) is 5.92 Å². The molecule has 2 saturated heterocycles. The number of amides is 3. The van der Waals surface area contributed by atoms with Crippen molar-refractivity contribution in [2.75, 3.05) is 38.1 Å². The number of nitrogens with one attached hydrogen (secondary N) is 2. The summed E-state index contributed by atoms with van der Waals surface area (Å²) in [6.07, 6.45) is 0.182. The van der Waals surface area contributed by atoms with Gasteiger partial charge >= 0.3 is 12.0 Å². The first kappa shape index (κ1) is 23.2. The molecule has 0 spiro atoms. The first-order chi connectivity index (χ1) is 16.0. The van der Waals surface area contributed by atoms with Crippen LogP contribution in [0.5, 0.6) is 0 Å². The minimum atomic E-state index is -0.815. The number of esters is 1. The zero-order valence-electron chi connectivity index (χ0n) is 18.3. The highest BCUT2D eigenvalue weighted by atomic mass is 32.1. The summed E-state index contributed by atoms with van der Waals surface area (Å²) in [4.78, 5) is 44.0. The third kappa shape index (κ3) is 5.01. The third-order valence-corrected chi connectivity index (χ3v) is 6.90. The number of anilines is 1. The molecule has 33 heavy (non-hydrogen) atoms. The summed E-state index contributed by atoms with van der Waals surface area (Å²) >= 11 is 1.42. The van der Waals surface area contributed by atoms with Crippen LogP contribution in [0, 0.1) is 11.7 Å². The maximum atomic E-state index is 13.5. The van der Waals surface area contributed by atoms with Crippen molar-refractivity contribution in [2.45, 2.75) is 25.4 Å². The average Bonchev–Trinajstić information content (AvgIpc) is 3.49. The molecule has 2 aliphatic heterocycles. The predicted molar refractivity (Wildman–Crippen MR) is 122 cm³/mol. The van der Waals surface area contributed by atoms with Gasteiger partial charge in [-0.2, -0.15) is 0 Å². The SMILES string of the molecule is CCOC(=O)C1CC(C(=O)N2CCNCC2)N(C(=O)Nc2ccc(F)cc2)C1c1cccs1. The Hall–Kier alpha value is -2.98. The number of nitrogens with zero attached hydrogens (tertiary/aromatic N) is 2. The zero-order valence-corrected chi connectivity index (χ0v) is 19.1. The summed E-state index contributed by atoms with van der Waals surface area (Å²) in [5.74, 6) is -1.69. The first-order valence-corrected chi connectivity index (χ1v) is 11.9. The van der Waals surface area contributed by atoms with Crippen molar-refractivity contribution < 1.29 is 23.5 Å². The molecular formula is C23H27FN4O4S. The van der Waals surface area contributed by atoms with Gasteiger partial charge in [0.05, 0.1) is 18.6 Å². The van der Waals surface area contributed by atoms with Gasteiger partial charge in [0.15, 0.2) is 0 Å². The third-order valence-electron chi connectivity index (χ3n) is 5.96. The van der Waals surface area contributed by atoms with Gasteiger partial charge in [0, 0.05) is 36.7 Å². The summed E-state index contributed by atoms with van der Waals surface area (Å²) in [5.41, 5.74) is 0.402. The lowest BCUT2D eigenvalue weighted by Crippen LogP contribution is -2.54. The average molecular weight is 475 g/mol. The molecule has 3 heterocycles. The second kappa shape index (κ2) is 10.3. The second-order valence-corrected chi connectivity index (χ2v) is 8.97.